The van der Waals surface area contributed by atoms with Crippen LogP contribution in [0, 0.1) is 24.2 Å². The van der Waals surface area contributed by atoms with Gasteiger partial charge in [-0.25, -0.2) is 4.98 Å². The Balaban J connectivity index is 1.89. The molecule has 0 unspecified atom stereocenters. The van der Waals surface area contributed by atoms with Crippen molar-refractivity contribution in [2.45, 2.75) is 33.2 Å². The Morgan fingerprint density at radius 1 is 1.40 bits per heavy atom. The highest BCUT2D eigenvalue weighted by Gasteiger charge is 2.24. The van der Waals surface area contributed by atoms with Gasteiger partial charge in [0.05, 0.1) is 24.6 Å². The van der Waals surface area contributed by atoms with Crippen LogP contribution in [-0.4, -0.2) is 29.6 Å². The zero-order chi connectivity index (χ0) is 14.4. The van der Waals surface area contributed by atoms with Gasteiger partial charge in [-0.05, 0) is 31.2 Å². The lowest BCUT2D eigenvalue weighted by atomic mass is 10.2. The number of aromatic nitrogens is 2. The molecule has 0 aliphatic heterocycles. The summed E-state index contributed by atoms with van der Waals surface area (Å²) < 4.78 is 0. The molecule has 4 nitrogen and oxygen atoms in total. The van der Waals surface area contributed by atoms with Crippen molar-refractivity contribution >= 4 is 5.82 Å². The van der Waals surface area contributed by atoms with Gasteiger partial charge >= 0.3 is 0 Å². The standard InChI is InChI=1S/C16H24N4/c1-4-7-20(12-14-5-6-14)16-11-18-15(10-19-16)9-17-8-13(2)3/h1,10-11,13-14,17H,5-9,12H2,2-3H3. The van der Waals surface area contributed by atoms with E-state index >= 15 is 0 Å². The molecule has 0 bridgehead atoms. The van der Waals surface area contributed by atoms with Crippen molar-refractivity contribution in [1.29, 1.82) is 0 Å². The summed E-state index contributed by atoms with van der Waals surface area (Å²) in [6.07, 6.45) is 11.7. The number of hydrogen-bond acceptors (Lipinski definition) is 4. The summed E-state index contributed by atoms with van der Waals surface area (Å²) in [5.74, 6) is 5.03. The van der Waals surface area contributed by atoms with Crippen molar-refractivity contribution in [1.82, 2.24) is 15.3 Å². The first kappa shape index (κ1) is 14.8. The maximum atomic E-state index is 5.44. The molecular weight excluding hydrogens is 248 g/mol. The second-order valence-corrected chi connectivity index (χ2v) is 5.92. The van der Waals surface area contributed by atoms with Crippen molar-refractivity contribution in [3.05, 3.63) is 18.1 Å². The lowest BCUT2D eigenvalue weighted by Crippen LogP contribution is -2.27. The molecule has 0 spiro atoms. The minimum Gasteiger partial charge on any atom is -0.344 e. The van der Waals surface area contributed by atoms with Crippen molar-refractivity contribution in [3.8, 4) is 12.3 Å². The van der Waals surface area contributed by atoms with E-state index in [1.165, 1.54) is 12.8 Å². The molecule has 0 aromatic carbocycles. The predicted octanol–water partition coefficient (Wildman–Crippen LogP) is 2.07. The average Bonchev–Trinajstić information content (AvgIpc) is 3.23. The molecule has 1 aromatic rings. The van der Waals surface area contributed by atoms with Gasteiger partial charge in [-0.15, -0.1) is 6.42 Å². The molecular formula is C16H24N4. The Kier molecular flexibility index (Phi) is 5.37. The summed E-state index contributed by atoms with van der Waals surface area (Å²) >= 11 is 0. The Hall–Kier alpha value is -1.60. The van der Waals surface area contributed by atoms with Crippen LogP contribution < -0.4 is 10.2 Å². The first-order chi connectivity index (χ1) is 9.69. The van der Waals surface area contributed by atoms with Gasteiger partial charge in [0, 0.05) is 13.1 Å². The van der Waals surface area contributed by atoms with Crippen LogP contribution in [0.4, 0.5) is 5.82 Å². The summed E-state index contributed by atoms with van der Waals surface area (Å²) in [5.41, 5.74) is 0.974. The summed E-state index contributed by atoms with van der Waals surface area (Å²) in [4.78, 5) is 11.1. The number of terminal acetylenes is 1. The van der Waals surface area contributed by atoms with E-state index in [1.807, 2.05) is 12.4 Å². The molecule has 1 heterocycles. The Labute approximate surface area is 122 Å². The van der Waals surface area contributed by atoms with Gasteiger partial charge in [0.2, 0.25) is 0 Å². The zero-order valence-electron chi connectivity index (χ0n) is 12.5. The maximum Gasteiger partial charge on any atom is 0.147 e. The third kappa shape index (κ3) is 4.82. The Morgan fingerprint density at radius 2 is 2.20 bits per heavy atom. The van der Waals surface area contributed by atoms with E-state index in [1.54, 1.807) is 0 Å². The van der Waals surface area contributed by atoms with E-state index in [0.29, 0.717) is 12.5 Å². The summed E-state index contributed by atoms with van der Waals surface area (Å²) in [5, 5.41) is 3.37. The predicted molar refractivity (Wildman–Crippen MR) is 82.3 cm³/mol. The third-order valence-corrected chi connectivity index (χ3v) is 3.33. The van der Waals surface area contributed by atoms with E-state index < -0.39 is 0 Å². The van der Waals surface area contributed by atoms with Crippen LogP contribution in [0.15, 0.2) is 12.4 Å². The number of nitrogens with one attached hydrogen (secondary N) is 1. The topological polar surface area (TPSA) is 41.1 Å². The highest BCUT2D eigenvalue weighted by atomic mass is 15.2. The van der Waals surface area contributed by atoms with E-state index in [9.17, 15) is 0 Å². The van der Waals surface area contributed by atoms with Crippen LogP contribution in [0.3, 0.4) is 0 Å². The number of rotatable bonds is 8. The maximum absolute atomic E-state index is 5.44. The molecule has 1 aliphatic carbocycles. The van der Waals surface area contributed by atoms with E-state index in [-0.39, 0.29) is 0 Å². The summed E-state index contributed by atoms with van der Waals surface area (Å²) in [6.45, 7) is 7.76. The van der Waals surface area contributed by atoms with Crippen LogP contribution in [0.25, 0.3) is 0 Å². The van der Waals surface area contributed by atoms with E-state index in [4.69, 9.17) is 6.42 Å². The molecule has 1 aromatic heterocycles. The van der Waals surface area contributed by atoms with Gasteiger partial charge in [-0.3, -0.25) is 4.98 Å². The number of nitrogens with zero attached hydrogens (tertiary/aromatic N) is 3. The van der Waals surface area contributed by atoms with E-state index in [0.717, 1.165) is 37.1 Å². The fourth-order valence-corrected chi connectivity index (χ4v) is 2.05. The normalized spacial score (nSPS) is 14.3. The van der Waals surface area contributed by atoms with Gasteiger partial charge < -0.3 is 10.2 Å². The van der Waals surface area contributed by atoms with E-state index in [2.05, 4.69) is 40.0 Å². The lowest BCUT2D eigenvalue weighted by Gasteiger charge is -2.20. The molecule has 1 N–H and O–H groups in total. The second kappa shape index (κ2) is 7.25. The van der Waals surface area contributed by atoms with Crippen molar-refractivity contribution in [2.24, 2.45) is 11.8 Å². The minimum absolute atomic E-state index is 0.607. The third-order valence-electron chi connectivity index (χ3n) is 3.33. The lowest BCUT2D eigenvalue weighted by molar-refractivity contribution is 0.547. The molecule has 1 fully saturated rings. The molecule has 0 radical (unpaired) electrons. The average molecular weight is 272 g/mol. The highest BCUT2D eigenvalue weighted by Crippen LogP contribution is 2.30. The van der Waals surface area contributed by atoms with Crippen LogP contribution in [0.1, 0.15) is 32.4 Å². The molecule has 0 amide bonds. The SMILES string of the molecule is C#CCN(CC1CC1)c1cnc(CNCC(C)C)cn1. The summed E-state index contributed by atoms with van der Waals surface area (Å²) in [7, 11) is 0. The first-order valence-corrected chi connectivity index (χ1v) is 7.39. The Morgan fingerprint density at radius 3 is 2.75 bits per heavy atom. The molecule has 1 saturated carbocycles. The minimum atomic E-state index is 0.607. The molecule has 108 valence electrons. The van der Waals surface area contributed by atoms with Crippen molar-refractivity contribution < 1.29 is 0 Å². The zero-order valence-corrected chi connectivity index (χ0v) is 12.5. The molecule has 20 heavy (non-hydrogen) atoms. The second-order valence-electron chi connectivity index (χ2n) is 5.92. The van der Waals surface area contributed by atoms with Crippen molar-refractivity contribution in [2.75, 3.05) is 24.5 Å². The number of anilines is 1. The molecule has 2 rings (SSSR count). The molecule has 0 saturated heterocycles. The van der Waals surface area contributed by atoms with Crippen LogP contribution >= 0.6 is 0 Å². The molecule has 1 aliphatic rings. The van der Waals surface area contributed by atoms with Gasteiger partial charge in [0.1, 0.15) is 5.82 Å². The summed E-state index contributed by atoms with van der Waals surface area (Å²) in [6, 6.07) is 0. The van der Waals surface area contributed by atoms with Gasteiger partial charge in [-0.1, -0.05) is 19.8 Å². The highest BCUT2D eigenvalue weighted by molar-refractivity contribution is 5.38. The van der Waals surface area contributed by atoms with Gasteiger partial charge in [0.15, 0.2) is 0 Å². The number of hydrogen-bond donors (Lipinski definition) is 1. The largest absolute Gasteiger partial charge is 0.344 e. The van der Waals surface area contributed by atoms with Crippen molar-refractivity contribution in [3.63, 3.8) is 0 Å². The van der Waals surface area contributed by atoms with Crippen LogP contribution in [0.5, 0.6) is 0 Å². The molecule has 4 heteroatoms. The monoisotopic (exact) mass is 272 g/mol. The quantitative estimate of drug-likeness (QED) is 0.736. The molecule has 0 atom stereocenters. The van der Waals surface area contributed by atoms with Crippen LogP contribution in [-0.2, 0) is 6.54 Å². The van der Waals surface area contributed by atoms with Gasteiger partial charge in [0.25, 0.3) is 0 Å². The van der Waals surface area contributed by atoms with Crippen LogP contribution in [0.2, 0.25) is 0 Å². The Bertz CT molecular complexity index is 443. The fraction of sp³-hybridized carbons (Fsp3) is 0.625. The smallest absolute Gasteiger partial charge is 0.147 e. The van der Waals surface area contributed by atoms with Gasteiger partial charge in [-0.2, -0.15) is 0 Å². The first-order valence-electron chi connectivity index (χ1n) is 7.39. The fourth-order valence-electron chi connectivity index (χ4n) is 2.05.